The molecule has 0 radical (unpaired) electrons. The standard InChI is InChI=1S/C19H16N4OS/c1-12-23-18(10-25-12)14-4-2-13(3-5-14)9-20-19(24)15-6-7-16-17(8-15)22-11-21-16/h2-8,10-11H,9H2,1H3,(H,20,24)(H,21,22). The third-order valence-electron chi connectivity index (χ3n) is 4.00. The second-order valence-corrected chi connectivity index (χ2v) is 6.83. The van der Waals surface area contributed by atoms with Gasteiger partial charge in [-0.05, 0) is 30.7 Å². The molecule has 2 aromatic carbocycles. The van der Waals surface area contributed by atoms with Crippen molar-refractivity contribution in [2.45, 2.75) is 13.5 Å². The highest BCUT2D eigenvalue weighted by atomic mass is 32.1. The highest BCUT2D eigenvalue weighted by Crippen LogP contribution is 2.21. The van der Waals surface area contributed by atoms with Crippen LogP contribution in [0.2, 0.25) is 0 Å². The normalized spacial score (nSPS) is 10.9. The molecule has 0 unspecified atom stereocenters. The molecule has 0 atom stereocenters. The fourth-order valence-corrected chi connectivity index (χ4v) is 3.27. The molecule has 0 bridgehead atoms. The molecule has 2 heterocycles. The van der Waals surface area contributed by atoms with E-state index in [1.54, 1.807) is 23.7 Å². The predicted molar refractivity (Wildman–Crippen MR) is 99.6 cm³/mol. The molecule has 4 aromatic rings. The first kappa shape index (κ1) is 15.5. The summed E-state index contributed by atoms with van der Waals surface area (Å²) in [5.74, 6) is -0.101. The SMILES string of the molecule is Cc1nc(-c2ccc(CNC(=O)c3ccc4nc[nH]c4c3)cc2)cs1. The largest absolute Gasteiger partial charge is 0.348 e. The number of aromatic nitrogens is 3. The van der Waals surface area contributed by atoms with E-state index >= 15 is 0 Å². The lowest BCUT2D eigenvalue weighted by Crippen LogP contribution is -2.22. The molecule has 4 rings (SSSR count). The Morgan fingerprint density at radius 2 is 2.04 bits per heavy atom. The number of nitrogens with one attached hydrogen (secondary N) is 2. The molecule has 0 spiro atoms. The van der Waals surface area contributed by atoms with Crippen molar-refractivity contribution in [3.63, 3.8) is 0 Å². The molecule has 0 saturated heterocycles. The predicted octanol–water partition coefficient (Wildman–Crippen LogP) is 3.92. The third kappa shape index (κ3) is 3.29. The van der Waals surface area contributed by atoms with E-state index in [0.717, 1.165) is 32.9 Å². The van der Waals surface area contributed by atoms with Crippen molar-refractivity contribution >= 4 is 28.3 Å². The van der Waals surface area contributed by atoms with Crippen LogP contribution < -0.4 is 5.32 Å². The zero-order chi connectivity index (χ0) is 17.2. The van der Waals surface area contributed by atoms with E-state index in [-0.39, 0.29) is 5.91 Å². The lowest BCUT2D eigenvalue weighted by Gasteiger charge is -2.06. The zero-order valence-corrected chi connectivity index (χ0v) is 14.4. The molecule has 6 heteroatoms. The Balaban J connectivity index is 1.42. The van der Waals surface area contributed by atoms with E-state index in [1.165, 1.54) is 0 Å². The summed E-state index contributed by atoms with van der Waals surface area (Å²) >= 11 is 1.64. The summed E-state index contributed by atoms with van der Waals surface area (Å²) in [6.07, 6.45) is 1.62. The molecule has 2 N–H and O–H groups in total. The van der Waals surface area contributed by atoms with Crippen LogP contribution in [0.3, 0.4) is 0 Å². The highest BCUT2D eigenvalue weighted by Gasteiger charge is 2.08. The number of nitrogens with zero attached hydrogens (tertiary/aromatic N) is 2. The summed E-state index contributed by atoms with van der Waals surface area (Å²) in [4.78, 5) is 24.0. The van der Waals surface area contributed by atoms with Crippen molar-refractivity contribution in [3.8, 4) is 11.3 Å². The van der Waals surface area contributed by atoms with Crippen LogP contribution in [-0.2, 0) is 6.54 Å². The summed E-state index contributed by atoms with van der Waals surface area (Å²) in [5, 5.41) is 6.06. The number of hydrogen-bond donors (Lipinski definition) is 2. The van der Waals surface area contributed by atoms with Crippen molar-refractivity contribution in [2.75, 3.05) is 0 Å². The molecule has 0 fully saturated rings. The summed E-state index contributed by atoms with van der Waals surface area (Å²) in [6.45, 7) is 2.48. The second kappa shape index (κ2) is 6.49. The van der Waals surface area contributed by atoms with Crippen molar-refractivity contribution in [1.29, 1.82) is 0 Å². The number of aromatic amines is 1. The average Bonchev–Trinajstić information content (AvgIpc) is 3.28. The summed E-state index contributed by atoms with van der Waals surface area (Å²) in [6, 6.07) is 13.5. The topological polar surface area (TPSA) is 70.7 Å². The molecule has 0 aliphatic rings. The molecule has 1 amide bonds. The fraction of sp³-hybridized carbons (Fsp3) is 0.105. The Kier molecular flexibility index (Phi) is 4.03. The van der Waals surface area contributed by atoms with Gasteiger partial charge in [-0.3, -0.25) is 4.79 Å². The molecule has 25 heavy (non-hydrogen) atoms. The van der Waals surface area contributed by atoms with Crippen LogP contribution in [0.1, 0.15) is 20.9 Å². The molecule has 2 aromatic heterocycles. The number of fused-ring (bicyclic) bond motifs is 1. The van der Waals surface area contributed by atoms with Crippen molar-refractivity contribution in [1.82, 2.24) is 20.3 Å². The van der Waals surface area contributed by atoms with Crippen molar-refractivity contribution < 1.29 is 4.79 Å². The van der Waals surface area contributed by atoms with Crippen LogP contribution in [0.25, 0.3) is 22.3 Å². The van der Waals surface area contributed by atoms with Gasteiger partial charge in [-0.25, -0.2) is 9.97 Å². The smallest absolute Gasteiger partial charge is 0.251 e. The Bertz CT molecular complexity index is 1030. The summed E-state index contributed by atoms with van der Waals surface area (Å²) < 4.78 is 0. The molecular formula is C19H16N4OS. The van der Waals surface area contributed by atoms with Gasteiger partial charge in [0, 0.05) is 23.1 Å². The van der Waals surface area contributed by atoms with Gasteiger partial charge in [-0.1, -0.05) is 24.3 Å². The zero-order valence-electron chi connectivity index (χ0n) is 13.6. The lowest BCUT2D eigenvalue weighted by molar-refractivity contribution is 0.0951. The number of amides is 1. The highest BCUT2D eigenvalue weighted by molar-refractivity contribution is 7.09. The van der Waals surface area contributed by atoms with Crippen LogP contribution in [0, 0.1) is 6.92 Å². The number of carbonyl (C=O) groups excluding carboxylic acids is 1. The van der Waals surface area contributed by atoms with Crippen LogP contribution >= 0.6 is 11.3 Å². The Labute approximate surface area is 148 Å². The van der Waals surface area contributed by atoms with Gasteiger partial charge in [-0.15, -0.1) is 11.3 Å². The molecule has 0 aliphatic heterocycles. The number of hydrogen-bond acceptors (Lipinski definition) is 4. The first-order valence-electron chi connectivity index (χ1n) is 7.92. The minimum Gasteiger partial charge on any atom is -0.348 e. The Morgan fingerprint density at radius 3 is 2.80 bits per heavy atom. The average molecular weight is 348 g/mol. The summed E-state index contributed by atoms with van der Waals surface area (Å²) in [5.41, 5.74) is 5.45. The first-order valence-corrected chi connectivity index (χ1v) is 8.80. The third-order valence-corrected chi connectivity index (χ3v) is 4.78. The molecular weight excluding hydrogens is 332 g/mol. The fourth-order valence-electron chi connectivity index (χ4n) is 2.65. The first-order chi connectivity index (χ1) is 12.2. The van der Waals surface area contributed by atoms with Crippen LogP contribution in [0.5, 0.6) is 0 Å². The van der Waals surface area contributed by atoms with E-state index in [9.17, 15) is 4.79 Å². The number of thiazole rings is 1. The van der Waals surface area contributed by atoms with Gasteiger partial charge in [0.1, 0.15) is 0 Å². The van der Waals surface area contributed by atoms with Gasteiger partial charge in [0.2, 0.25) is 0 Å². The number of aryl methyl sites for hydroxylation is 1. The van der Waals surface area contributed by atoms with Crippen molar-refractivity contribution in [3.05, 3.63) is 70.3 Å². The van der Waals surface area contributed by atoms with Gasteiger partial charge in [0.05, 0.1) is 28.1 Å². The van der Waals surface area contributed by atoms with Gasteiger partial charge in [0.15, 0.2) is 0 Å². The second-order valence-electron chi connectivity index (χ2n) is 5.77. The van der Waals surface area contributed by atoms with Gasteiger partial charge in [0.25, 0.3) is 5.91 Å². The minimum atomic E-state index is -0.101. The molecule has 5 nitrogen and oxygen atoms in total. The number of benzene rings is 2. The number of carbonyl (C=O) groups is 1. The molecule has 124 valence electrons. The van der Waals surface area contributed by atoms with E-state index < -0.39 is 0 Å². The molecule has 0 saturated carbocycles. The monoisotopic (exact) mass is 348 g/mol. The van der Waals surface area contributed by atoms with E-state index in [2.05, 4.69) is 25.6 Å². The van der Waals surface area contributed by atoms with Crippen LogP contribution in [0.15, 0.2) is 54.2 Å². The van der Waals surface area contributed by atoms with E-state index in [0.29, 0.717) is 12.1 Å². The maximum absolute atomic E-state index is 12.3. The van der Waals surface area contributed by atoms with E-state index in [1.807, 2.05) is 43.3 Å². The maximum atomic E-state index is 12.3. The number of H-pyrrole nitrogens is 1. The van der Waals surface area contributed by atoms with Crippen LogP contribution in [0.4, 0.5) is 0 Å². The van der Waals surface area contributed by atoms with Crippen molar-refractivity contribution in [2.24, 2.45) is 0 Å². The number of rotatable bonds is 4. The maximum Gasteiger partial charge on any atom is 0.251 e. The Morgan fingerprint density at radius 1 is 1.20 bits per heavy atom. The van der Waals surface area contributed by atoms with Gasteiger partial charge >= 0.3 is 0 Å². The molecule has 0 aliphatic carbocycles. The van der Waals surface area contributed by atoms with E-state index in [4.69, 9.17) is 0 Å². The van der Waals surface area contributed by atoms with Crippen LogP contribution in [-0.4, -0.2) is 20.9 Å². The Hall–Kier alpha value is -2.99. The van der Waals surface area contributed by atoms with Gasteiger partial charge < -0.3 is 10.3 Å². The minimum absolute atomic E-state index is 0.101. The lowest BCUT2D eigenvalue weighted by atomic mass is 10.1. The van der Waals surface area contributed by atoms with Gasteiger partial charge in [-0.2, -0.15) is 0 Å². The number of imidazole rings is 1. The summed E-state index contributed by atoms with van der Waals surface area (Å²) in [7, 11) is 0. The quantitative estimate of drug-likeness (QED) is 0.587.